The van der Waals surface area contributed by atoms with Crippen molar-refractivity contribution in [3.63, 3.8) is 0 Å². The van der Waals surface area contributed by atoms with Crippen molar-refractivity contribution in [1.29, 1.82) is 0 Å². The van der Waals surface area contributed by atoms with Gasteiger partial charge in [0.1, 0.15) is 5.76 Å². The minimum absolute atomic E-state index is 0.206. The molecule has 0 spiro atoms. The lowest BCUT2D eigenvalue weighted by molar-refractivity contribution is -0.116. The van der Waals surface area contributed by atoms with E-state index < -0.39 is 0 Å². The average Bonchev–Trinajstić information content (AvgIpc) is 2.47. The highest BCUT2D eigenvalue weighted by atomic mass is 79.9. The Bertz CT molecular complexity index is 293. The Morgan fingerprint density at radius 2 is 2.50 bits per heavy atom. The molecule has 0 saturated heterocycles. The molecule has 0 unspecified atom stereocenters. The third-order valence-electron chi connectivity index (χ3n) is 1.25. The molecule has 1 aromatic heterocycles. The van der Waals surface area contributed by atoms with Gasteiger partial charge in [0.25, 0.3) is 0 Å². The molecule has 0 aliphatic heterocycles. The molecule has 1 rings (SSSR count). The van der Waals surface area contributed by atoms with Gasteiger partial charge in [0, 0.05) is 0 Å². The summed E-state index contributed by atoms with van der Waals surface area (Å²) in [4.78, 5) is 10.7. The van der Waals surface area contributed by atoms with Crippen LogP contribution in [0.2, 0.25) is 0 Å². The van der Waals surface area contributed by atoms with E-state index in [1.54, 1.807) is 12.1 Å². The molecule has 0 aliphatic carbocycles. The summed E-state index contributed by atoms with van der Waals surface area (Å²) < 4.78 is 5.80. The second-order valence-electron chi connectivity index (χ2n) is 2.13. The summed E-state index contributed by atoms with van der Waals surface area (Å²) in [5.41, 5.74) is 0. The summed E-state index contributed by atoms with van der Waals surface area (Å²) in [6, 6.07) is 3.56. The molecule has 0 atom stereocenters. The first kappa shape index (κ1) is 9.06. The molecule has 3 nitrogen and oxygen atoms in total. The van der Waals surface area contributed by atoms with E-state index in [1.165, 1.54) is 6.08 Å². The Morgan fingerprint density at radius 1 is 1.75 bits per heavy atom. The summed E-state index contributed by atoms with van der Waals surface area (Å²) in [7, 11) is 0. The van der Waals surface area contributed by atoms with Gasteiger partial charge in [-0.1, -0.05) is 6.58 Å². The first-order valence-corrected chi connectivity index (χ1v) is 4.16. The van der Waals surface area contributed by atoms with Crippen LogP contribution in [-0.4, -0.2) is 5.91 Å². The van der Waals surface area contributed by atoms with Crippen LogP contribution in [0.5, 0.6) is 0 Å². The van der Waals surface area contributed by atoms with Gasteiger partial charge in [-0.3, -0.25) is 4.79 Å². The fourth-order valence-corrected chi connectivity index (χ4v) is 1.03. The number of halogens is 1. The number of amides is 1. The van der Waals surface area contributed by atoms with Gasteiger partial charge in [0.2, 0.25) is 5.91 Å². The molecule has 0 aliphatic rings. The number of hydrogen-bond acceptors (Lipinski definition) is 2. The van der Waals surface area contributed by atoms with Gasteiger partial charge in [-0.05, 0) is 34.1 Å². The lowest BCUT2D eigenvalue weighted by atomic mass is 10.4. The SMILES string of the molecule is C=CC(=O)NCc1ccc(Br)o1. The van der Waals surface area contributed by atoms with Crippen LogP contribution in [0, 0.1) is 0 Å². The maximum atomic E-state index is 10.7. The van der Waals surface area contributed by atoms with E-state index in [-0.39, 0.29) is 5.91 Å². The minimum Gasteiger partial charge on any atom is -0.452 e. The second kappa shape index (κ2) is 4.11. The lowest BCUT2D eigenvalue weighted by Gasteiger charge is -1.96. The molecule has 4 heteroatoms. The summed E-state index contributed by atoms with van der Waals surface area (Å²) in [6.45, 7) is 3.71. The first-order chi connectivity index (χ1) is 5.72. The predicted octanol–water partition coefficient (Wildman–Crippen LogP) is 1.84. The van der Waals surface area contributed by atoms with Crippen LogP contribution in [0.3, 0.4) is 0 Å². The van der Waals surface area contributed by atoms with Gasteiger partial charge < -0.3 is 9.73 Å². The van der Waals surface area contributed by atoms with Crippen molar-refractivity contribution in [2.45, 2.75) is 6.54 Å². The molecule has 0 fully saturated rings. The highest BCUT2D eigenvalue weighted by Crippen LogP contribution is 2.13. The number of carbonyl (C=O) groups excluding carboxylic acids is 1. The van der Waals surface area contributed by atoms with Crippen LogP contribution >= 0.6 is 15.9 Å². The van der Waals surface area contributed by atoms with E-state index in [0.717, 1.165) is 0 Å². The molecule has 0 aromatic carbocycles. The zero-order chi connectivity index (χ0) is 8.97. The van der Waals surface area contributed by atoms with Crippen molar-refractivity contribution in [3.05, 3.63) is 35.2 Å². The number of nitrogens with one attached hydrogen (secondary N) is 1. The third kappa shape index (κ3) is 2.54. The topological polar surface area (TPSA) is 42.2 Å². The Morgan fingerprint density at radius 3 is 3.00 bits per heavy atom. The van der Waals surface area contributed by atoms with E-state index in [2.05, 4.69) is 27.8 Å². The normalized spacial score (nSPS) is 9.42. The van der Waals surface area contributed by atoms with Gasteiger partial charge in [0.05, 0.1) is 6.54 Å². The van der Waals surface area contributed by atoms with Crippen molar-refractivity contribution in [1.82, 2.24) is 5.32 Å². The second-order valence-corrected chi connectivity index (χ2v) is 2.91. The number of carbonyl (C=O) groups is 1. The monoisotopic (exact) mass is 229 g/mol. The smallest absolute Gasteiger partial charge is 0.243 e. The van der Waals surface area contributed by atoms with Gasteiger partial charge in [-0.15, -0.1) is 0 Å². The summed E-state index contributed by atoms with van der Waals surface area (Å²) >= 11 is 3.16. The third-order valence-corrected chi connectivity index (χ3v) is 1.68. The number of furan rings is 1. The Labute approximate surface area is 78.6 Å². The fourth-order valence-electron chi connectivity index (χ4n) is 0.693. The molecule has 12 heavy (non-hydrogen) atoms. The molecule has 0 saturated carbocycles. The Kier molecular flexibility index (Phi) is 3.10. The van der Waals surface area contributed by atoms with Crippen LogP contribution in [-0.2, 0) is 11.3 Å². The molecular weight excluding hydrogens is 222 g/mol. The molecule has 1 N–H and O–H groups in total. The van der Waals surface area contributed by atoms with Gasteiger partial charge >= 0.3 is 0 Å². The first-order valence-electron chi connectivity index (χ1n) is 3.37. The predicted molar refractivity (Wildman–Crippen MR) is 48.5 cm³/mol. The van der Waals surface area contributed by atoms with Crippen molar-refractivity contribution in [2.24, 2.45) is 0 Å². The molecule has 64 valence electrons. The summed E-state index contributed by atoms with van der Waals surface area (Å²) in [5, 5.41) is 2.59. The van der Waals surface area contributed by atoms with Crippen molar-refractivity contribution >= 4 is 21.8 Å². The zero-order valence-electron chi connectivity index (χ0n) is 6.34. The van der Waals surface area contributed by atoms with E-state index in [9.17, 15) is 4.79 Å². The minimum atomic E-state index is -0.206. The lowest BCUT2D eigenvalue weighted by Crippen LogP contribution is -2.19. The molecule has 0 bridgehead atoms. The van der Waals surface area contributed by atoms with Crippen molar-refractivity contribution in [3.8, 4) is 0 Å². The van der Waals surface area contributed by atoms with E-state index >= 15 is 0 Å². The largest absolute Gasteiger partial charge is 0.452 e. The molecule has 1 aromatic rings. The van der Waals surface area contributed by atoms with Crippen molar-refractivity contribution < 1.29 is 9.21 Å². The van der Waals surface area contributed by atoms with Crippen LogP contribution in [0.15, 0.2) is 33.9 Å². The molecule has 1 heterocycles. The quantitative estimate of drug-likeness (QED) is 0.805. The maximum absolute atomic E-state index is 10.7. The van der Waals surface area contributed by atoms with E-state index in [1.807, 2.05) is 0 Å². The zero-order valence-corrected chi connectivity index (χ0v) is 7.93. The summed E-state index contributed by atoms with van der Waals surface area (Å²) in [6.07, 6.45) is 1.22. The van der Waals surface area contributed by atoms with Gasteiger partial charge in [0.15, 0.2) is 4.67 Å². The van der Waals surface area contributed by atoms with Crippen LogP contribution in [0.1, 0.15) is 5.76 Å². The number of rotatable bonds is 3. The average molecular weight is 230 g/mol. The van der Waals surface area contributed by atoms with Gasteiger partial charge in [-0.2, -0.15) is 0 Å². The van der Waals surface area contributed by atoms with Crippen LogP contribution in [0.4, 0.5) is 0 Å². The van der Waals surface area contributed by atoms with Gasteiger partial charge in [-0.25, -0.2) is 0 Å². The van der Waals surface area contributed by atoms with Crippen LogP contribution in [0.25, 0.3) is 0 Å². The number of hydrogen-bond donors (Lipinski definition) is 1. The Balaban J connectivity index is 2.43. The van der Waals surface area contributed by atoms with E-state index in [4.69, 9.17) is 4.42 Å². The highest BCUT2D eigenvalue weighted by molar-refractivity contribution is 9.10. The molecule has 1 amide bonds. The fraction of sp³-hybridized carbons (Fsp3) is 0.125. The molecular formula is C8H8BrNO2. The van der Waals surface area contributed by atoms with Crippen LogP contribution < -0.4 is 5.32 Å². The maximum Gasteiger partial charge on any atom is 0.243 e. The highest BCUT2D eigenvalue weighted by Gasteiger charge is 1.99. The van der Waals surface area contributed by atoms with E-state index in [0.29, 0.717) is 17.0 Å². The molecule has 0 radical (unpaired) electrons. The summed E-state index contributed by atoms with van der Waals surface area (Å²) in [5.74, 6) is 0.500. The Hall–Kier alpha value is -1.03. The standard InChI is InChI=1S/C8H8BrNO2/c1-2-8(11)10-5-6-3-4-7(9)12-6/h2-4H,1,5H2,(H,10,11). The van der Waals surface area contributed by atoms with Crippen molar-refractivity contribution in [2.75, 3.05) is 0 Å².